The number of benzene rings is 1. The molecule has 2 heterocycles. The zero-order valence-corrected chi connectivity index (χ0v) is 14.9. The van der Waals surface area contributed by atoms with Crippen LogP contribution in [0.15, 0.2) is 47.2 Å². The van der Waals surface area contributed by atoms with E-state index in [4.69, 9.17) is 9.57 Å². The predicted molar refractivity (Wildman–Crippen MR) is 96.1 cm³/mol. The van der Waals surface area contributed by atoms with Crippen LogP contribution < -0.4 is 5.06 Å². The largest absolute Gasteiger partial charge is 0.464 e. The summed E-state index contributed by atoms with van der Waals surface area (Å²) in [7, 11) is 0. The Morgan fingerprint density at radius 2 is 2.12 bits per heavy atom. The van der Waals surface area contributed by atoms with Crippen molar-refractivity contribution in [3.05, 3.63) is 58.3 Å². The third-order valence-corrected chi connectivity index (χ3v) is 4.64. The minimum Gasteiger partial charge on any atom is -0.464 e. The number of rotatable bonds is 6. The molecule has 1 saturated heterocycles. The number of nitrogens with zero attached hydrogens (tertiary/aromatic N) is 3. The Morgan fingerprint density at radius 3 is 2.73 bits per heavy atom. The molecule has 1 aliphatic heterocycles. The highest BCUT2D eigenvalue weighted by molar-refractivity contribution is 7.08. The van der Waals surface area contributed by atoms with Gasteiger partial charge in [-0.05, 0) is 30.5 Å². The quantitative estimate of drug-likeness (QED) is 0.256. The lowest BCUT2D eigenvalue weighted by Gasteiger charge is -2.22. The van der Waals surface area contributed by atoms with E-state index in [-0.39, 0.29) is 18.7 Å². The minimum absolute atomic E-state index is 0.142. The molecule has 3 rings (SSSR count). The molecule has 0 spiro atoms. The number of carbonyl (C=O) groups is 2. The molecule has 2 aromatic rings. The Kier molecular flexibility index (Phi) is 5.58. The lowest BCUT2D eigenvalue weighted by atomic mass is 10.0. The zero-order valence-electron chi connectivity index (χ0n) is 14.1. The first-order valence-corrected chi connectivity index (χ1v) is 9.06. The summed E-state index contributed by atoms with van der Waals surface area (Å²) < 4.78 is 5.13. The molecule has 0 saturated carbocycles. The van der Waals surface area contributed by atoms with Gasteiger partial charge in [-0.15, -0.1) is 0 Å². The van der Waals surface area contributed by atoms with Crippen LogP contribution in [0.5, 0.6) is 0 Å². The molecule has 0 N–H and O–H groups in total. The van der Waals surface area contributed by atoms with Gasteiger partial charge in [0.25, 0.3) is 5.78 Å². The maximum Gasteiger partial charge on any atom is 0.370 e. The van der Waals surface area contributed by atoms with Crippen LogP contribution in [0.4, 0.5) is 5.69 Å². The van der Waals surface area contributed by atoms with Gasteiger partial charge in [0.1, 0.15) is 0 Å². The van der Waals surface area contributed by atoms with Gasteiger partial charge in [0.2, 0.25) is 0 Å². The molecule has 0 amide bonds. The first-order valence-electron chi connectivity index (χ1n) is 8.12. The lowest BCUT2D eigenvalue weighted by Crippen LogP contribution is -2.36. The van der Waals surface area contributed by atoms with E-state index in [0.717, 1.165) is 0 Å². The van der Waals surface area contributed by atoms with Crippen molar-refractivity contribution < 1.29 is 24.0 Å². The number of thiophene rings is 1. The summed E-state index contributed by atoms with van der Waals surface area (Å²) in [5, 5.41) is 4.84. The molecule has 0 aliphatic carbocycles. The highest BCUT2D eigenvalue weighted by Gasteiger charge is 2.47. The van der Waals surface area contributed by atoms with E-state index in [0.29, 0.717) is 11.3 Å². The number of ether oxygens (including phenoxy) is 1. The number of carbonyl (C=O) groups excluding carboxylic acids is 2. The Balaban J connectivity index is 1.88. The summed E-state index contributed by atoms with van der Waals surface area (Å²) in [4.78, 5) is 33.9. The van der Waals surface area contributed by atoms with Crippen molar-refractivity contribution in [2.24, 2.45) is 0 Å². The smallest absolute Gasteiger partial charge is 0.370 e. The van der Waals surface area contributed by atoms with Gasteiger partial charge < -0.3 is 10.3 Å². The number of anilines is 1. The Morgan fingerprint density at radius 1 is 1.35 bits per heavy atom. The van der Waals surface area contributed by atoms with Gasteiger partial charge in [0.05, 0.1) is 12.3 Å². The monoisotopic (exact) mass is 371 g/mol. The van der Waals surface area contributed by atoms with E-state index in [1.165, 1.54) is 16.4 Å². The fourth-order valence-electron chi connectivity index (χ4n) is 2.76. The van der Waals surface area contributed by atoms with E-state index >= 15 is 0 Å². The molecular weight excluding hydrogens is 354 g/mol. The van der Waals surface area contributed by atoms with Crippen LogP contribution >= 0.6 is 11.3 Å². The second kappa shape index (κ2) is 8.05. The van der Waals surface area contributed by atoms with E-state index in [2.05, 4.69) is 4.79 Å². The molecule has 1 aromatic carbocycles. The number of Topliss-reactive ketones (excluding diaryl/α,β-unsaturated/α-hetero) is 1. The molecule has 8 heteroatoms. The van der Waals surface area contributed by atoms with Crippen molar-refractivity contribution in [2.45, 2.75) is 25.5 Å². The Bertz CT molecular complexity index is 831. The summed E-state index contributed by atoms with van der Waals surface area (Å²) in [6.07, 6.45) is -0.717. The van der Waals surface area contributed by atoms with Crippen LogP contribution in [0.3, 0.4) is 0 Å². The number of hydroxylamine groups is 1. The third-order valence-electron chi connectivity index (χ3n) is 3.96. The molecule has 0 radical (unpaired) electrons. The second-order valence-electron chi connectivity index (χ2n) is 5.59. The molecule has 0 unspecified atom stereocenters. The second-order valence-corrected chi connectivity index (χ2v) is 6.37. The van der Waals surface area contributed by atoms with Gasteiger partial charge in [0.15, 0.2) is 12.1 Å². The maximum atomic E-state index is 12.6. The van der Waals surface area contributed by atoms with Gasteiger partial charge in [-0.2, -0.15) is 16.1 Å². The minimum atomic E-state index is -0.859. The molecule has 7 nitrogen and oxygen atoms in total. The molecule has 1 aromatic heterocycles. The van der Waals surface area contributed by atoms with Crippen molar-refractivity contribution in [2.75, 3.05) is 11.7 Å². The van der Waals surface area contributed by atoms with Crippen LogP contribution in [-0.4, -0.2) is 41.0 Å². The molecule has 1 fully saturated rings. The molecule has 134 valence electrons. The summed E-state index contributed by atoms with van der Waals surface area (Å²) in [5.41, 5.74) is 10.3. The number of hydrogen-bond acceptors (Lipinski definition) is 6. The molecule has 2 atom stereocenters. The summed E-state index contributed by atoms with van der Waals surface area (Å²) in [5.74, 6) is -0.893. The zero-order chi connectivity index (χ0) is 18.5. The van der Waals surface area contributed by atoms with E-state index in [9.17, 15) is 15.1 Å². The summed E-state index contributed by atoms with van der Waals surface area (Å²) in [6.45, 7) is 1.95. The lowest BCUT2D eigenvalue weighted by molar-refractivity contribution is -0.145. The van der Waals surface area contributed by atoms with Gasteiger partial charge in [-0.25, -0.2) is 9.86 Å². The SMILES string of the molecule is CCOC(=O)[C@@H]1C[C@H](C(=[N+]=[N-])C(=O)c2ccsc2)ON1c1ccccc1. The van der Waals surface area contributed by atoms with Crippen molar-refractivity contribution in [1.29, 1.82) is 0 Å². The fourth-order valence-corrected chi connectivity index (χ4v) is 3.39. The summed E-state index contributed by atoms with van der Waals surface area (Å²) >= 11 is 1.36. The highest BCUT2D eigenvalue weighted by Crippen LogP contribution is 2.29. The van der Waals surface area contributed by atoms with Gasteiger partial charge in [0, 0.05) is 17.4 Å². The van der Waals surface area contributed by atoms with Gasteiger partial charge in [-0.1, -0.05) is 18.2 Å². The van der Waals surface area contributed by atoms with Crippen molar-refractivity contribution in [1.82, 2.24) is 0 Å². The van der Waals surface area contributed by atoms with E-state index in [1.54, 1.807) is 35.9 Å². The van der Waals surface area contributed by atoms with Crippen LogP contribution in [0, 0.1) is 0 Å². The van der Waals surface area contributed by atoms with Crippen molar-refractivity contribution in [3.63, 3.8) is 0 Å². The van der Waals surface area contributed by atoms with Crippen molar-refractivity contribution in [3.8, 4) is 0 Å². The summed E-state index contributed by atoms with van der Waals surface area (Å²) in [6, 6.07) is 9.94. The maximum absolute atomic E-state index is 12.6. The average Bonchev–Trinajstić information content (AvgIpc) is 3.33. The number of ketones is 1. The van der Waals surface area contributed by atoms with Crippen LogP contribution in [-0.2, 0) is 14.4 Å². The molecular formula is C18H17N3O4S. The van der Waals surface area contributed by atoms with Crippen LogP contribution in [0.2, 0.25) is 0 Å². The van der Waals surface area contributed by atoms with Crippen LogP contribution in [0.25, 0.3) is 5.53 Å². The van der Waals surface area contributed by atoms with Crippen LogP contribution in [0.1, 0.15) is 23.7 Å². The van der Waals surface area contributed by atoms with E-state index < -0.39 is 23.9 Å². The first-order chi connectivity index (χ1) is 12.7. The normalized spacial score (nSPS) is 19.0. The average molecular weight is 371 g/mol. The highest BCUT2D eigenvalue weighted by atomic mass is 32.1. The van der Waals surface area contributed by atoms with Gasteiger partial charge >= 0.3 is 11.7 Å². The number of para-hydroxylation sites is 1. The Hall–Kier alpha value is -2.80. The van der Waals surface area contributed by atoms with E-state index in [1.807, 2.05) is 18.2 Å². The molecule has 1 aliphatic rings. The number of hydrogen-bond donors (Lipinski definition) is 0. The third kappa shape index (κ3) is 3.57. The molecule has 0 bridgehead atoms. The predicted octanol–water partition coefficient (Wildman–Crippen LogP) is 2.74. The van der Waals surface area contributed by atoms with Gasteiger partial charge in [-0.3, -0.25) is 9.63 Å². The molecule has 26 heavy (non-hydrogen) atoms. The van der Waals surface area contributed by atoms with Crippen molar-refractivity contribution >= 4 is 34.5 Å². The first kappa shape index (κ1) is 18.0. The number of esters is 1. The standard InChI is InChI=1S/C18H17N3O4S/c1-2-24-18(23)14-10-15(25-21(14)13-6-4-3-5-7-13)16(20-19)17(22)12-8-9-26-11-12/h3-9,11,14-15H,2,10H2,1H3/t14-,15+/m0/s1. The Labute approximate surface area is 154 Å². The topological polar surface area (TPSA) is 92.2 Å². The fraction of sp³-hybridized carbons (Fsp3) is 0.278.